The first-order chi connectivity index (χ1) is 9.88. The smallest absolute Gasteiger partial charge is 0.315 e. The average Bonchev–Trinajstić information content (AvgIpc) is 3.23. The molecule has 2 fully saturated rings. The van der Waals surface area contributed by atoms with Gasteiger partial charge in [-0.3, -0.25) is 4.79 Å². The van der Waals surface area contributed by atoms with Crippen molar-refractivity contribution in [1.82, 2.24) is 10.6 Å². The number of hydrogen-bond acceptors (Lipinski definition) is 2. The van der Waals surface area contributed by atoms with Gasteiger partial charge in [0.1, 0.15) is 0 Å². The van der Waals surface area contributed by atoms with Gasteiger partial charge in [0.15, 0.2) is 0 Å². The third-order valence-corrected chi connectivity index (χ3v) is 5.15. The Morgan fingerprint density at radius 2 is 1.71 bits per heavy atom. The standard InChI is InChI=1S/C16H28N2O3/c1-16(2,12-5-6-12)9-10-17-15(21)18-13-7-3-11(4-8-13)14(19)20/h11-13H,3-10H2,1-2H3,(H,19,20)(H2,17,18,21). The van der Waals surface area contributed by atoms with Gasteiger partial charge in [0.25, 0.3) is 0 Å². The Morgan fingerprint density at radius 3 is 2.24 bits per heavy atom. The van der Waals surface area contributed by atoms with Crippen molar-refractivity contribution in [2.45, 2.75) is 64.8 Å². The minimum atomic E-state index is -0.708. The molecule has 0 bridgehead atoms. The Balaban J connectivity index is 1.60. The number of nitrogens with one attached hydrogen (secondary N) is 2. The van der Waals surface area contributed by atoms with Crippen LogP contribution in [0.3, 0.4) is 0 Å². The molecule has 0 aromatic heterocycles. The largest absolute Gasteiger partial charge is 0.481 e. The molecule has 0 spiro atoms. The number of amides is 2. The highest BCUT2D eigenvalue weighted by molar-refractivity contribution is 5.74. The van der Waals surface area contributed by atoms with E-state index in [1.165, 1.54) is 12.8 Å². The van der Waals surface area contributed by atoms with E-state index in [-0.39, 0.29) is 18.0 Å². The molecule has 2 amide bonds. The van der Waals surface area contributed by atoms with Gasteiger partial charge >= 0.3 is 12.0 Å². The minimum absolute atomic E-state index is 0.111. The van der Waals surface area contributed by atoms with Gasteiger partial charge in [0, 0.05) is 12.6 Å². The quantitative estimate of drug-likeness (QED) is 0.705. The molecule has 2 aliphatic rings. The maximum absolute atomic E-state index is 11.9. The normalized spacial score (nSPS) is 26.2. The summed E-state index contributed by atoms with van der Waals surface area (Å²) in [6.45, 7) is 5.26. The summed E-state index contributed by atoms with van der Waals surface area (Å²) in [5, 5.41) is 14.9. The highest BCUT2D eigenvalue weighted by Gasteiger charge is 2.37. The van der Waals surface area contributed by atoms with E-state index in [2.05, 4.69) is 24.5 Å². The third kappa shape index (κ3) is 4.90. The highest BCUT2D eigenvalue weighted by atomic mass is 16.4. The summed E-state index contributed by atoms with van der Waals surface area (Å²) in [5.74, 6) is -0.112. The van der Waals surface area contributed by atoms with Crippen molar-refractivity contribution in [1.29, 1.82) is 0 Å². The van der Waals surface area contributed by atoms with Crippen LogP contribution in [0.4, 0.5) is 4.79 Å². The summed E-state index contributed by atoms with van der Waals surface area (Å²) in [6, 6.07) is 0.0115. The molecule has 21 heavy (non-hydrogen) atoms. The monoisotopic (exact) mass is 296 g/mol. The first-order valence-corrected chi connectivity index (χ1v) is 8.15. The Hall–Kier alpha value is -1.26. The van der Waals surface area contributed by atoms with Crippen molar-refractivity contribution < 1.29 is 14.7 Å². The zero-order valence-corrected chi connectivity index (χ0v) is 13.2. The molecule has 0 atom stereocenters. The van der Waals surface area contributed by atoms with Crippen LogP contribution in [0.5, 0.6) is 0 Å². The fourth-order valence-corrected chi connectivity index (χ4v) is 3.29. The molecule has 0 saturated heterocycles. The van der Waals surface area contributed by atoms with Gasteiger partial charge in [0.2, 0.25) is 0 Å². The zero-order valence-electron chi connectivity index (χ0n) is 13.2. The van der Waals surface area contributed by atoms with E-state index >= 15 is 0 Å². The molecule has 2 aliphatic carbocycles. The number of rotatable bonds is 6. The molecule has 0 heterocycles. The number of aliphatic carboxylic acids is 1. The average molecular weight is 296 g/mol. The molecule has 0 aliphatic heterocycles. The fraction of sp³-hybridized carbons (Fsp3) is 0.875. The van der Waals surface area contributed by atoms with Crippen molar-refractivity contribution in [3.05, 3.63) is 0 Å². The predicted molar refractivity (Wildman–Crippen MR) is 81.0 cm³/mol. The van der Waals surface area contributed by atoms with Crippen molar-refractivity contribution in [3.8, 4) is 0 Å². The third-order valence-electron chi connectivity index (χ3n) is 5.15. The Morgan fingerprint density at radius 1 is 1.10 bits per heavy atom. The molecular formula is C16H28N2O3. The molecule has 5 heteroatoms. The lowest BCUT2D eigenvalue weighted by molar-refractivity contribution is -0.142. The number of carboxylic acids is 1. The van der Waals surface area contributed by atoms with Crippen LogP contribution in [0, 0.1) is 17.3 Å². The summed E-state index contributed by atoms with van der Waals surface area (Å²) in [7, 11) is 0. The summed E-state index contributed by atoms with van der Waals surface area (Å²) < 4.78 is 0. The van der Waals surface area contributed by atoms with Gasteiger partial charge in [-0.15, -0.1) is 0 Å². The van der Waals surface area contributed by atoms with Crippen LogP contribution in [-0.2, 0) is 4.79 Å². The summed E-state index contributed by atoms with van der Waals surface area (Å²) in [4.78, 5) is 22.7. The molecular weight excluding hydrogens is 268 g/mol. The summed E-state index contributed by atoms with van der Waals surface area (Å²) in [6.07, 6.45) is 6.51. The Bertz CT molecular complexity index is 383. The van der Waals surface area contributed by atoms with Gasteiger partial charge in [0.05, 0.1) is 5.92 Å². The molecule has 2 rings (SSSR count). The Labute approximate surface area is 126 Å². The van der Waals surface area contributed by atoms with Crippen molar-refractivity contribution in [2.75, 3.05) is 6.54 Å². The zero-order chi connectivity index (χ0) is 15.5. The van der Waals surface area contributed by atoms with E-state index in [1.807, 2.05) is 0 Å². The number of urea groups is 1. The van der Waals surface area contributed by atoms with Gasteiger partial charge < -0.3 is 15.7 Å². The van der Waals surface area contributed by atoms with Crippen LogP contribution in [0.2, 0.25) is 0 Å². The van der Waals surface area contributed by atoms with Crippen LogP contribution in [0.1, 0.15) is 58.8 Å². The maximum Gasteiger partial charge on any atom is 0.315 e. The molecule has 0 aromatic carbocycles. The molecule has 0 unspecified atom stereocenters. The number of carbonyl (C=O) groups excluding carboxylic acids is 1. The van der Waals surface area contributed by atoms with E-state index in [0.717, 1.165) is 25.2 Å². The van der Waals surface area contributed by atoms with Crippen molar-refractivity contribution >= 4 is 12.0 Å². The van der Waals surface area contributed by atoms with Crippen molar-refractivity contribution in [2.24, 2.45) is 17.3 Å². The van der Waals surface area contributed by atoms with E-state index in [0.29, 0.717) is 24.8 Å². The SMILES string of the molecule is CC(C)(CCNC(=O)NC1CCC(C(=O)O)CC1)C1CC1. The summed E-state index contributed by atoms with van der Waals surface area (Å²) >= 11 is 0. The molecule has 120 valence electrons. The van der Waals surface area contributed by atoms with Crippen LogP contribution in [0.25, 0.3) is 0 Å². The van der Waals surface area contributed by atoms with Crippen LogP contribution >= 0.6 is 0 Å². The van der Waals surface area contributed by atoms with E-state index < -0.39 is 5.97 Å². The lowest BCUT2D eigenvalue weighted by Crippen LogP contribution is -2.44. The second-order valence-electron chi connectivity index (χ2n) is 7.30. The van der Waals surface area contributed by atoms with Crippen LogP contribution < -0.4 is 10.6 Å². The molecule has 3 N–H and O–H groups in total. The number of carbonyl (C=O) groups is 2. The molecule has 2 saturated carbocycles. The lowest BCUT2D eigenvalue weighted by atomic mass is 9.84. The molecule has 5 nitrogen and oxygen atoms in total. The van der Waals surface area contributed by atoms with Crippen LogP contribution in [0.15, 0.2) is 0 Å². The maximum atomic E-state index is 11.9. The van der Waals surface area contributed by atoms with Gasteiger partial charge in [-0.25, -0.2) is 4.79 Å². The summed E-state index contributed by atoms with van der Waals surface area (Å²) in [5.41, 5.74) is 0.326. The van der Waals surface area contributed by atoms with Gasteiger partial charge in [-0.2, -0.15) is 0 Å². The van der Waals surface area contributed by atoms with Crippen LogP contribution in [-0.4, -0.2) is 29.7 Å². The second kappa shape index (κ2) is 6.67. The molecule has 0 aromatic rings. The first kappa shape index (κ1) is 16.1. The Kier molecular flexibility index (Phi) is 5.12. The topological polar surface area (TPSA) is 78.4 Å². The minimum Gasteiger partial charge on any atom is -0.481 e. The predicted octanol–water partition coefficient (Wildman–Crippen LogP) is 2.76. The van der Waals surface area contributed by atoms with Gasteiger partial charge in [-0.05, 0) is 56.3 Å². The fourth-order valence-electron chi connectivity index (χ4n) is 3.29. The van der Waals surface area contributed by atoms with E-state index in [9.17, 15) is 9.59 Å². The number of carboxylic acid groups (broad SMARTS) is 1. The second-order valence-corrected chi connectivity index (χ2v) is 7.30. The first-order valence-electron chi connectivity index (χ1n) is 8.15. The van der Waals surface area contributed by atoms with Crippen molar-refractivity contribution in [3.63, 3.8) is 0 Å². The van der Waals surface area contributed by atoms with E-state index in [4.69, 9.17) is 5.11 Å². The van der Waals surface area contributed by atoms with Gasteiger partial charge in [-0.1, -0.05) is 13.8 Å². The molecule has 0 radical (unpaired) electrons. The lowest BCUT2D eigenvalue weighted by Gasteiger charge is -2.27. The van der Waals surface area contributed by atoms with E-state index in [1.54, 1.807) is 0 Å². The number of hydrogen-bond donors (Lipinski definition) is 3. The highest BCUT2D eigenvalue weighted by Crippen LogP contribution is 2.46.